The lowest BCUT2D eigenvalue weighted by Crippen LogP contribution is -2.61. The van der Waals surface area contributed by atoms with Gasteiger partial charge < -0.3 is 28.6 Å². The maximum Gasteiger partial charge on any atom is 0.252 e. The van der Waals surface area contributed by atoms with E-state index in [4.69, 9.17) is 4.42 Å². The Kier molecular flexibility index (Phi) is 12.7. The summed E-state index contributed by atoms with van der Waals surface area (Å²) in [6.45, 7) is 13.6. The van der Waals surface area contributed by atoms with Crippen LogP contribution in [0.5, 0.6) is 0 Å². The number of rotatable bonds is 9. The molecule has 16 aromatic rings. The molecule has 4 heterocycles. The molecule has 0 bridgehead atoms. The van der Waals surface area contributed by atoms with E-state index in [0.717, 1.165) is 107 Å². The summed E-state index contributed by atoms with van der Waals surface area (Å²) < 4.78 is 9.00. The van der Waals surface area contributed by atoms with Gasteiger partial charge in [0.05, 0.1) is 28.1 Å². The highest BCUT2D eigenvalue weighted by Gasteiger charge is 2.46. The molecule has 95 heavy (non-hydrogen) atoms. The quantitative estimate of drug-likeness (QED) is 0.134. The van der Waals surface area contributed by atoms with Crippen molar-refractivity contribution in [2.75, 3.05) is 19.6 Å². The zero-order valence-corrected chi connectivity index (χ0v) is 54.1. The minimum Gasteiger partial charge on any atom is -0.456 e. The van der Waals surface area contributed by atoms with Crippen molar-refractivity contribution in [3.8, 4) is 5.69 Å². The molecule has 2 aliphatic rings. The molecule has 0 amide bonds. The molecule has 18 rings (SSSR count). The van der Waals surface area contributed by atoms with E-state index in [1.165, 1.54) is 60.1 Å². The summed E-state index contributed by atoms with van der Waals surface area (Å²) in [6, 6.07) is 113. The number of aromatic nitrogens is 1. The van der Waals surface area contributed by atoms with E-state index in [2.05, 4.69) is 363 Å². The predicted octanol–water partition coefficient (Wildman–Crippen LogP) is 22.6. The minimum absolute atomic E-state index is 0.0654. The zero-order valence-electron chi connectivity index (χ0n) is 54.1. The Hall–Kier alpha value is -11.5. The normalized spacial score (nSPS) is 12.9. The average molecular weight is 1220 g/mol. The van der Waals surface area contributed by atoms with E-state index in [-0.39, 0.29) is 17.5 Å². The van der Waals surface area contributed by atoms with Crippen LogP contribution in [0.25, 0.3) is 71.0 Å². The average Bonchev–Trinajstić information content (AvgIpc) is 1.64. The van der Waals surface area contributed by atoms with Gasteiger partial charge in [-0.1, -0.05) is 217 Å². The second kappa shape index (κ2) is 21.5. The fourth-order valence-corrected chi connectivity index (χ4v) is 15.4. The summed E-state index contributed by atoms with van der Waals surface area (Å²) in [5.41, 5.74) is 24.2. The van der Waals surface area contributed by atoms with Gasteiger partial charge in [-0.2, -0.15) is 0 Å². The van der Waals surface area contributed by atoms with Gasteiger partial charge in [0.1, 0.15) is 11.2 Å². The third-order valence-electron chi connectivity index (χ3n) is 20.0. The molecule has 0 radical (unpaired) electrons. The van der Waals surface area contributed by atoms with Crippen LogP contribution in [0.15, 0.2) is 308 Å². The van der Waals surface area contributed by atoms with E-state index in [9.17, 15) is 0 Å². The Morgan fingerprint density at radius 1 is 0.326 bits per heavy atom. The molecule has 0 fully saturated rings. The second-order valence-corrected chi connectivity index (χ2v) is 27.7. The van der Waals surface area contributed by atoms with Crippen molar-refractivity contribution in [1.82, 2.24) is 4.57 Å². The molecule has 14 aromatic carbocycles. The number of hydrogen-bond donors (Lipinski definition) is 0. The van der Waals surface area contributed by atoms with Crippen molar-refractivity contribution < 1.29 is 4.42 Å². The molecule has 6 nitrogen and oxygen atoms in total. The Morgan fingerprint density at radius 2 is 0.874 bits per heavy atom. The van der Waals surface area contributed by atoms with Crippen LogP contribution in [0, 0.1) is 0 Å². The van der Waals surface area contributed by atoms with Gasteiger partial charge in [0.2, 0.25) is 0 Å². The third kappa shape index (κ3) is 9.08. The molecule has 0 atom stereocenters. The van der Waals surface area contributed by atoms with Crippen molar-refractivity contribution in [1.29, 1.82) is 0 Å². The van der Waals surface area contributed by atoms with Gasteiger partial charge in [-0.3, -0.25) is 0 Å². The van der Waals surface area contributed by atoms with E-state index in [1.807, 2.05) is 6.07 Å². The monoisotopic (exact) mass is 1220 g/mol. The number of benzene rings is 14. The van der Waals surface area contributed by atoms with E-state index >= 15 is 0 Å². The fraction of sp³-hybridized carbons (Fsp3) is 0.0909. The highest BCUT2D eigenvalue weighted by molar-refractivity contribution is 7.00. The molecule has 0 N–H and O–H groups in total. The van der Waals surface area contributed by atoms with Crippen LogP contribution in [0.2, 0.25) is 0 Å². The summed E-state index contributed by atoms with van der Waals surface area (Å²) in [4.78, 5) is 10.2. The molecule has 0 spiro atoms. The molecular weight excluding hydrogens is 1150 g/mol. The zero-order chi connectivity index (χ0) is 63.8. The number of fused-ring (bicyclic) bond motifs is 13. The first-order valence-electron chi connectivity index (χ1n) is 33.2. The SMILES string of the molecule is CC(C)(C)c1ccc(N2c3cc(N(c4ccc5oc6ccccc6c5c4)c4cccc5ccccc45)ccc3B3c4ccc5c(c4N(c4ccc(C(C)(C)C)cc4)c4cc(N(c6ccccc6)c6ccc7ccccc7c6)cc2c43)c2ccccc2n5-c2ccccc2)cc1. The van der Waals surface area contributed by atoms with Crippen LogP contribution in [-0.2, 0) is 10.8 Å². The number of para-hydroxylation sites is 4. The Balaban J connectivity index is 0.984. The molecule has 2 aliphatic heterocycles. The van der Waals surface area contributed by atoms with Crippen LogP contribution in [0.1, 0.15) is 52.7 Å². The summed E-state index contributed by atoms with van der Waals surface area (Å²) in [5.74, 6) is 0. The number of furan rings is 1. The van der Waals surface area contributed by atoms with E-state index in [1.54, 1.807) is 0 Å². The molecule has 0 aliphatic carbocycles. The van der Waals surface area contributed by atoms with Crippen molar-refractivity contribution in [3.63, 3.8) is 0 Å². The van der Waals surface area contributed by atoms with Crippen LogP contribution in [0.4, 0.5) is 68.2 Å². The fourth-order valence-electron chi connectivity index (χ4n) is 15.4. The van der Waals surface area contributed by atoms with Crippen LogP contribution in [-0.4, -0.2) is 11.3 Å². The van der Waals surface area contributed by atoms with Gasteiger partial charge in [-0.05, 0) is 182 Å². The maximum atomic E-state index is 6.53. The smallest absolute Gasteiger partial charge is 0.252 e. The molecule has 7 heteroatoms. The van der Waals surface area contributed by atoms with Crippen molar-refractivity contribution >= 4 is 157 Å². The van der Waals surface area contributed by atoms with Crippen LogP contribution in [0.3, 0.4) is 0 Å². The van der Waals surface area contributed by atoms with Gasteiger partial charge in [0.15, 0.2) is 0 Å². The molecular formula is C88H68BN5O. The molecule has 454 valence electrons. The van der Waals surface area contributed by atoms with E-state index in [0.29, 0.717) is 0 Å². The molecule has 0 unspecified atom stereocenters. The van der Waals surface area contributed by atoms with Gasteiger partial charge in [-0.25, -0.2) is 0 Å². The highest BCUT2D eigenvalue weighted by atomic mass is 16.3. The lowest BCUT2D eigenvalue weighted by Gasteiger charge is -2.45. The second-order valence-electron chi connectivity index (χ2n) is 27.7. The lowest BCUT2D eigenvalue weighted by molar-refractivity contribution is 0.590. The summed E-state index contributed by atoms with van der Waals surface area (Å²) in [6.07, 6.45) is 0. The predicted molar refractivity (Wildman–Crippen MR) is 404 cm³/mol. The van der Waals surface area contributed by atoms with Crippen molar-refractivity contribution in [2.24, 2.45) is 0 Å². The van der Waals surface area contributed by atoms with Crippen molar-refractivity contribution in [3.05, 3.63) is 314 Å². The first-order chi connectivity index (χ1) is 46.4. The van der Waals surface area contributed by atoms with Crippen LogP contribution >= 0.6 is 0 Å². The summed E-state index contributed by atoms with van der Waals surface area (Å²) in [7, 11) is 0. The maximum absolute atomic E-state index is 6.53. The topological polar surface area (TPSA) is 31.0 Å². The van der Waals surface area contributed by atoms with Gasteiger partial charge in [0.25, 0.3) is 6.71 Å². The highest BCUT2D eigenvalue weighted by Crippen LogP contribution is 2.53. The van der Waals surface area contributed by atoms with Gasteiger partial charge in [-0.15, -0.1) is 0 Å². The summed E-state index contributed by atoms with van der Waals surface area (Å²) in [5, 5.41) is 9.26. The number of nitrogens with zero attached hydrogens (tertiary/aromatic N) is 5. The Labute approximate surface area is 554 Å². The van der Waals surface area contributed by atoms with Crippen LogP contribution < -0.4 is 36.0 Å². The van der Waals surface area contributed by atoms with Crippen molar-refractivity contribution in [2.45, 2.75) is 52.4 Å². The molecule has 0 saturated carbocycles. The summed E-state index contributed by atoms with van der Waals surface area (Å²) >= 11 is 0. The number of hydrogen-bond acceptors (Lipinski definition) is 5. The largest absolute Gasteiger partial charge is 0.456 e. The lowest BCUT2D eigenvalue weighted by atomic mass is 9.33. The Morgan fingerprint density at radius 3 is 1.61 bits per heavy atom. The number of anilines is 12. The standard InChI is InChI=1S/C88H68BN5O/c1-87(2,3)60-37-42-64(43-38-60)93-79-54-68(91(76-34-21-25-58-23-15-16-30-70(58)76)67-47-51-83-73(53-67)71-31-18-20-35-82(71)95-83)46-48-74(79)89-75-49-50-78-84(72-32-17-19-33-77(72)92(78)63-28-11-8-12-29-63)86(75)94(65-44-39-61(40-45-65)88(4,5)6)81-56-69(55-80(93)85(81)89)90(62-26-9-7-10-27-62)66-41-36-57-22-13-14-24-59(57)52-66/h7-56H,1-6H3. The van der Waals surface area contributed by atoms with E-state index < -0.39 is 0 Å². The van der Waals surface area contributed by atoms with Gasteiger partial charge >= 0.3 is 0 Å². The molecule has 2 aromatic heterocycles. The Bertz CT molecular complexity index is 5720. The third-order valence-corrected chi connectivity index (χ3v) is 20.0. The first-order valence-corrected chi connectivity index (χ1v) is 33.2. The first kappa shape index (κ1) is 56.2. The van der Waals surface area contributed by atoms with Gasteiger partial charge in [0, 0.05) is 83.8 Å². The minimum atomic E-state index is -0.225. The molecule has 0 saturated heterocycles.